The fourth-order valence-corrected chi connectivity index (χ4v) is 5.28. The number of unbranched alkanes of at least 4 members (excludes halogenated alkanes) is 15. The summed E-state index contributed by atoms with van der Waals surface area (Å²) >= 11 is 0. The molecule has 0 unspecified atom stereocenters. The summed E-state index contributed by atoms with van der Waals surface area (Å²) < 4.78 is 13.6. The van der Waals surface area contributed by atoms with Crippen LogP contribution < -0.4 is 11.5 Å². The molecule has 0 amide bonds. The summed E-state index contributed by atoms with van der Waals surface area (Å²) in [6.07, 6.45) is 19.4. The molecule has 2 aromatic rings. The van der Waals surface area contributed by atoms with Gasteiger partial charge in [-0.05, 0) is 6.42 Å². The van der Waals surface area contributed by atoms with Crippen LogP contribution in [0.4, 0.5) is 11.8 Å². The lowest BCUT2D eigenvalue weighted by Gasteiger charge is -2.22. The number of ether oxygens (including phenoxy) is 2. The second-order valence-electron chi connectivity index (χ2n) is 10.7. The van der Waals surface area contributed by atoms with Crippen molar-refractivity contribution in [2.45, 2.75) is 134 Å². The lowest BCUT2D eigenvalue weighted by atomic mass is 10.0. The van der Waals surface area contributed by atoms with Crippen LogP contribution in [0.1, 0.15) is 116 Å². The standard InChI is InChI=1S/C28H50N6O4/c1-2-3-4-5-6-7-8-9-10-11-12-13-14-15-16-17-18-37-24-23(36)21(19-35)38-27(24)34-20-31-22-25(29)32-28(30)33-26(22)34/h20-21,23-24,27,35-36H,2-19H2,1H3,(H4,29,30,32,33)/t21-,23-,24-,27-/m1/s1. The van der Waals surface area contributed by atoms with Crippen molar-refractivity contribution in [1.82, 2.24) is 19.5 Å². The van der Waals surface area contributed by atoms with E-state index in [1.807, 2.05) is 0 Å². The molecule has 10 nitrogen and oxygen atoms in total. The largest absolute Gasteiger partial charge is 0.394 e. The molecule has 1 aliphatic heterocycles. The van der Waals surface area contributed by atoms with Crippen molar-refractivity contribution < 1.29 is 19.7 Å². The number of anilines is 2. The van der Waals surface area contributed by atoms with Crippen LogP contribution in [0.5, 0.6) is 0 Å². The van der Waals surface area contributed by atoms with Gasteiger partial charge in [0.1, 0.15) is 23.8 Å². The number of rotatable bonds is 20. The third kappa shape index (κ3) is 9.03. The van der Waals surface area contributed by atoms with Crippen molar-refractivity contribution in [3.8, 4) is 0 Å². The smallest absolute Gasteiger partial charge is 0.224 e. The Labute approximate surface area is 227 Å². The summed E-state index contributed by atoms with van der Waals surface area (Å²) in [4.78, 5) is 12.5. The highest BCUT2D eigenvalue weighted by Gasteiger charge is 2.45. The van der Waals surface area contributed by atoms with Gasteiger partial charge in [-0.25, -0.2) is 4.98 Å². The quantitative estimate of drug-likeness (QED) is 0.174. The zero-order valence-corrected chi connectivity index (χ0v) is 23.3. The zero-order chi connectivity index (χ0) is 27.2. The number of aliphatic hydroxyl groups is 2. The molecule has 1 aliphatic rings. The van der Waals surface area contributed by atoms with Crippen LogP contribution in [-0.4, -0.2) is 61.3 Å². The van der Waals surface area contributed by atoms with Crippen LogP contribution in [0, 0.1) is 0 Å². The van der Waals surface area contributed by atoms with E-state index >= 15 is 0 Å². The fraction of sp³-hybridized carbons (Fsp3) is 0.821. The van der Waals surface area contributed by atoms with Crippen LogP contribution >= 0.6 is 0 Å². The highest BCUT2D eigenvalue weighted by Crippen LogP contribution is 2.34. The van der Waals surface area contributed by atoms with Gasteiger partial charge in [0.25, 0.3) is 0 Å². The first-order chi connectivity index (χ1) is 18.6. The van der Waals surface area contributed by atoms with E-state index in [9.17, 15) is 10.2 Å². The Kier molecular flexibility index (Phi) is 13.5. The molecule has 0 radical (unpaired) electrons. The monoisotopic (exact) mass is 534 g/mol. The topological polar surface area (TPSA) is 155 Å². The van der Waals surface area contributed by atoms with Gasteiger partial charge in [0.05, 0.1) is 12.9 Å². The first-order valence-corrected chi connectivity index (χ1v) is 14.9. The van der Waals surface area contributed by atoms with Gasteiger partial charge in [0.2, 0.25) is 5.95 Å². The van der Waals surface area contributed by atoms with Crippen molar-refractivity contribution in [2.75, 3.05) is 24.7 Å². The molecule has 6 N–H and O–H groups in total. The van der Waals surface area contributed by atoms with Gasteiger partial charge < -0.3 is 31.2 Å². The number of aliphatic hydroxyl groups excluding tert-OH is 2. The molecule has 0 bridgehead atoms. The highest BCUT2D eigenvalue weighted by atomic mass is 16.6. The van der Waals surface area contributed by atoms with Gasteiger partial charge in [-0.3, -0.25) is 4.57 Å². The minimum Gasteiger partial charge on any atom is -0.394 e. The van der Waals surface area contributed by atoms with Crippen molar-refractivity contribution in [3.05, 3.63) is 6.33 Å². The lowest BCUT2D eigenvalue weighted by Crippen LogP contribution is -2.35. The predicted molar refractivity (Wildman–Crippen MR) is 150 cm³/mol. The zero-order valence-electron chi connectivity index (χ0n) is 23.3. The van der Waals surface area contributed by atoms with E-state index in [0.29, 0.717) is 17.8 Å². The van der Waals surface area contributed by atoms with Crippen molar-refractivity contribution in [3.63, 3.8) is 0 Å². The SMILES string of the molecule is CCCCCCCCCCCCCCCCCCO[C@@H]1[C@H](O)[C@@H](CO)O[C@H]1n1cnc2c(N)nc(N)nc21. The summed E-state index contributed by atoms with van der Waals surface area (Å²) in [7, 11) is 0. The van der Waals surface area contributed by atoms with E-state index < -0.39 is 24.5 Å². The normalized spacial score (nSPS) is 21.6. The Balaban J connectivity index is 1.29. The fourth-order valence-electron chi connectivity index (χ4n) is 5.28. The lowest BCUT2D eigenvalue weighted by molar-refractivity contribution is -0.0711. The van der Waals surface area contributed by atoms with Crippen LogP contribution in [-0.2, 0) is 9.47 Å². The molecule has 0 aliphatic carbocycles. The van der Waals surface area contributed by atoms with E-state index in [4.69, 9.17) is 20.9 Å². The molecule has 10 heteroatoms. The molecule has 1 saturated heterocycles. The van der Waals surface area contributed by atoms with Crippen LogP contribution in [0.2, 0.25) is 0 Å². The third-order valence-electron chi connectivity index (χ3n) is 7.54. The van der Waals surface area contributed by atoms with E-state index in [0.717, 1.165) is 12.8 Å². The van der Waals surface area contributed by atoms with E-state index in [1.54, 1.807) is 4.57 Å². The molecule has 216 valence electrons. The molecular weight excluding hydrogens is 484 g/mol. The molecular formula is C28H50N6O4. The van der Waals surface area contributed by atoms with Gasteiger partial charge in [0.15, 0.2) is 17.7 Å². The second-order valence-corrected chi connectivity index (χ2v) is 10.7. The van der Waals surface area contributed by atoms with E-state index in [2.05, 4.69) is 21.9 Å². The minimum absolute atomic E-state index is 0.0274. The maximum atomic E-state index is 10.7. The molecule has 0 spiro atoms. The molecule has 3 rings (SSSR count). The molecule has 0 aromatic carbocycles. The van der Waals surface area contributed by atoms with Gasteiger partial charge in [-0.2, -0.15) is 9.97 Å². The number of fused-ring (bicyclic) bond motifs is 1. The van der Waals surface area contributed by atoms with Gasteiger partial charge >= 0.3 is 0 Å². The van der Waals surface area contributed by atoms with Crippen molar-refractivity contribution >= 4 is 22.9 Å². The molecule has 0 saturated carbocycles. The second kappa shape index (κ2) is 16.8. The minimum atomic E-state index is -0.972. The maximum Gasteiger partial charge on any atom is 0.224 e. The van der Waals surface area contributed by atoms with E-state index in [1.165, 1.54) is 96.2 Å². The van der Waals surface area contributed by atoms with Crippen LogP contribution in [0.3, 0.4) is 0 Å². The summed E-state index contributed by atoms with van der Waals surface area (Å²) in [6, 6.07) is 0. The summed E-state index contributed by atoms with van der Waals surface area (Å²) in [5, 5.41) is 20.4. The van der Waals surface area contributed by atoms with Crippen LogP contribution in [0.25, 0.3) is 11.2 Å². The Bertz CT molecular complexity index is 926. The van der Waals surface area contributed by atoms with Crippen LogP contribution in [0.15, 0.2) is 6.33 Å². The average Bonchev–Trinajstić information content (AvgIpc) is 3.46. The summed E-state index contributed by atoms with van der Waals surface area (Å²) in [6.45, 7) is 2.46. The summed E-state index contributed by atoms with van der Waals surface area (Å²) in [5.41, 5.74) is 12.5. The Morgan fingerprint density at radius 3 is 1.97 bits per heavy atom. The molecule has 2 aromatic heterocycles. The number of nitrogens with two attached hydrogens (primary N) is 2. The highest BCUT2D eigenvalue weighted by molar-refractivity contribution is 5.82. The maximum absolute atomic E-state index is 10.7. The first-order valence-electron chi connectivity index (χ1n) is 14.9. The summed E-state index contributed by atoms with van der Waals surface area (Å²) in [5.74, 6) is 0.203. The number of hydrogen-bond acceptors (Lipinski definition) is 9. The number of hydrogen-bond donors (Lipinski definition) is 4. The van der Waals surface area contributed by atoms with Crippen molar-refractivity contribution in [2.24, 2.45) is 0 Å². The van der Waals surface area contributed by atoms with Gasteiger partial charge in [0, 0.05) is 6.61 Å². The number of nitrogens with zero attached hydrogens (tertiary/aromatic N) is 4. The number of aromatic nitrogens is 4. The van der Waals surface area contributed by atoms with Gasteiger partial charge in [-0.15, -0.1) is 0 Å². The Morgan fingerprint density at radius 2 is 1.42 bits per heavy atom. The van der Waals surface area contributed by atoms with Crippen molar-refractivity contribution in [1.29, 1.82) is 0 Å². The van der Waals surface area contributed by atoms with Gasteiger partial charge in [-0.1, -0.05) is 103 Å². The predicted octanol–water partition coefficient (Wildman–Crippen LogP) is 4.89. The average molecular weight is 535 g/mol. The Hall–Kier alpha value is -2.01. The third-order valence-corrected chi connectivity index (χ3v) is 7.54. The number of nitrogen functional groups attached to an aromatic ring is 2. The molecule has 3 heterocycles. The molecule has 1 fully saturated rings. The number of imidazole rings is 1. The first kappa shape index (κ1) is 30.5. The Morgan fingerprint density at radius 1 is 0.868 bits per heavy atom. The molecule has 38 heavy (non-hydrogen) atoms. The molecule has 4 atom stereocenters. The van der Waals surface area contributed by atoms with E-state index in [-0.39, 0.29) is 18.4 Å².